The molecule has 0 aromatic rings. The molecule has 0 aromatic heterocycles. The molecule has 1 aliphatic rings. The van der Waals surface area contributed by atoms with Crippen molar-refractivity contribution in [3.63, 3.8) is 0 Å². The van der Waals surface area contributed by atoms with Gasteiger partial charge in [-0.2, -0.15) is 0 Å². The molecule has 1 saturated carbocycles. The van der Waals surface area contributed by atoms with Gasteiger partial charge < -0.3 is 5.11 Å². The zero-order valence-electron chi connectivity index (χ0n) is 9.84. The van der Waals surface area contributed by atoms with Gasteiger partial charge in [0, 0.05) is 0 Å². The van der Waals surface area contributed by atoms with E-state index in [-0.39, 0.29) is 6.10 Å². The minimum absolute atomic E-state index is 0.0168. The zero-order valence-corrected chi connectivity index (χ0v) is 9.84. The predicted octanol–water partition coefficient (Wildman–Crippen LogP) is 3.75. The molecule has 1 heteroatoms. The van der Waals surface area contributed by atoms with Gasteiger partial charge in [0.2, 0.25) is 0 Å². The summed E-state index contributed by atoms with van der Waals surface area (Å²) in [7, 11) is 0. The Morgan fingerprint density at radius 2 is 1.79 bits per heavy atom. The van der Waals surface area contributed by atoms with E-state index in [0.29, 0.717) is 0 Å². The molecule has 0 spiro atoms. The number of hydrogen-bond acceptors (Lipinski definition) is 1. The van der Waals surface area contributed by atoms with E-state index in [4.69, 9.17) is 0 Å². The van der Waals surface area contributed by atoms with E-state index in [1.807, 2.05) is 0 Å². The minimum Gasteiger partial charge on any atom is -0.393 e. The van der Waals surface area contributed by atoms with Crippen molar-refractivity contribution in [2.75, 3.05) is 0 Å². The lowest BCUT2D eigenvalue weighted by molar-refractivity contribution is 0.129. The van der Waals surface area contributed by atoms with Crippen molar-refractivity contribution in [3.8, 4) is 0 Å². The van der Waals surface area contributed by atoms with Crippen LogP contribution in [0.25, 0.3) is 0 Å². The lowest BCUT2D eigenvalue weighted by Crippen LogP contribution is -2.11. The molecule has 0 bridgehead atoms. The summed E-state index contributed by atoms with van der Waals surface area (Å²) in [4.78, 5) is 0. The Kier molecular flexibility index (Phi) is 5.54. The molecule has 1 N–H and O–H groups in total. The SMILES string of the molecule is CC(C)CCCC(O)CC1CCCC1. The molecular formula is C13H26O. The third-order valence-electron chi connectivity index (χ3n) is 3.40. The number of rotatable bonds is 6. The number of aliphatic hydroxyl groups excluding tert-OH is 1. The van der Waals surface area contributed by atoms with Gasteiger partial charge in [0.1, 0.15) is 0 Å². The van der Waals surface area contributed by atoms with Gasteiger partial charge in [-0.1, -0.05) is 52.4 Å². The Bertz CT molecular complexity index is 136. The van der Waals surface area contributed by atoms with Crippen LogP contribution in [0.4, 0.5) is 0 Å². The molecule has 0 aliphatic heterocycles. The van der Waals surface area contributed by atoms with Crippen LogP contribution >= 0.6 is 0 Å². The summed E-state index contributed by atoms with van der Waals surface area (Å²) >= 11 is 0. The second-order valence-corrected chi connectivity index (χ2v) is 5.36. The van der Waals surface area contributed by atoms with E-state index >= 15 is 0 Å². The fourth-order valence-corrected chi connectivity index (χ4v) is 2.51. The summed E-state index contributed by atoms with van der Waals surface area (Å²) < 4.78 is 0. The maximum Gasteiger partial charge on any atom is 0.0542 e. The van der Waals surface area contributed by atoms with Crippen molar-refractivity contribution in [3.05, 3.63) is 0 Å². The quantitative estimate of drug-likeness (QED) is 0.689. The first-order valence-corrected chi connectivity index (χ1v) is 6.36. The highest BCUT2D eigenvalue weighted by Gasteiger charge is 2.18. The molecule has 0 heterocycles. The molecule has 0 aromatic carbocycles. The summed E-state index contributed by atoms with van der Waals surface area (Å²) in [5.41, 5.74) is 0. The third-order valence-corrected chi connectivity index (χ3v) is 3.40. The summed E-state index contributed by atoms with van der Waals surface area (Å²) in [5.74, 6) is 1.62. The second-order valence-electron chi connectivity index (χ2n) is 5.36. The fourth-order valence-electron chi connectivity index (χ4n) is 2.51. The van der Waals surface area contributed by atoms with Crippen molar-refractivity contribution in [1.29, 1.82) is 0 Å². The molecule has 14 heavy (non-hydrogen) atoms. The van der Waals surface area contributed by atoms with Crippen molar-refractivity contribution >= 4 is 0 Å². The third kappa shape index (κ3) is 4.99. The predicted molar refractivity (Wildman–Crippen MR) is 61.3 cm³/mol. The van der Waals surface area contributed by atoms with E-state index in [9.17, 15) is 5.11 Å². The van der Waals surface area contributed by atoms with Crippen molar-refractivity contribution in [2.45, 2.75) is 71.3 Å². The molecule has 0 amide bonds. The van der Waals surface area contributed by atoms with Gasteiger partial charge in [0.05, 0.1) is 6.10 Å². The molecule has 1 atom stereocenters. The van der Waals surface area contributed by atoms with E-state index in [2.05, 4.69) is 13.8 Å². The molecule has 1 aliphatic carbocycles. The highest BCUT2D eigenvalue weighted by molar-refractivity contribution is 4.71. The number of aliphatic hydroxyl groups is 1. The molecule has 0 radical (unpaired) electrons. The van der Waals surface area contributed by atoms with Gasteiger partial charge in [-0.25, -0.2) is 0 Å². The van der Waals surface area contributed by atoms with Gasteiger partial charge in [-0.3, -0.25) is 0 Å². The van der Waals surface area contributed by atoms with Gasteiger partial charge in [0.25, 0.3) is 0 Å². The summed E-state index contributed by atoms with van der Waals surface area (Å²) in [6, 6.07) is 0. The van der Waals surface area contributed by atoms with Crippen molar-refractivity contribution in [2.24, 2.45) is 11.8 Å². The smallest absolute Gasteiger partial charge is 0.0542 e. The lowest BCUT2D eigenvalue weighted by atomic mass is 9.96. The van der Waals surface area contributed by atoms with Crippen LogP contribution in [0.5, 0.6) is 0 Å². The first kappa shape index (κ1) is 12.0. The van der Waals surface area contributed by atoms with Crippen LogP contribution in [0, 0.1) is 11.8 Å². The van der Waals surface area contributed by atoms with Crippen LogP contribution < -0.4 is 0 Å². The maximum absolute atomic E-state index is 9.82. The van der Waals surface area contributed by atoms with Gasteiger partial charge in [0.15, 0.2) is 0 Å². The Morgan fingerprint density at radius 1 is 1.14 bits per heavy atom. The Morgan fingerprint density at radius 3 is 2.36 bits per heavy atom. The monoisotopic (exact) mass is 198 g/mol. The lowest BCUT2D eigenvalue weighted by Gasteiger charge is -2.15. The Balaban J connectivity index is 2.00. The molecular weight excluding hydrogens is 172 g/mol. The van der Waals surface area contributed by atoms with Gasteiger partial charge in [-0.15, -0.1) is 0 Å². The first-order valence-electron chi connectivity index (χ1n) is 6.36. The highest BCUT2D eigenvalue weighted by Crippen LogP contribution is 2.29. The largest absolute Gasteiger partial charge is 0.393 e. The van der Waals surface area contributed by atoms with Crippen molar-refractivity contribution in [1.82, 2.24) is 0 Å². The summed E-state index contributed by atoms with van der Waals surface area (Å²) in [6.45, 7) is 4.51. The first-order chi connectivity index (χ1) is 6.68. The maximum atomic E-state index is 9.82. The van der Waals surface area contributed by atoms with Crippen molar-refractivity contribution < 1.29 is 5.11 Å². The summed E-state index contributed by atoms with van der Waals surface area (Å²) in [6.07, 6.45) is 10.0. The molecule has 1 unspecified atom stereocenters. The van der Waals surface area contributed by atoms with E-state index in [1.165, 1.54) is 38.5 Å². The molecule has 1 fully saturated rings. The van der Waals surface area contributed by atoms with Crippen LogP contribution in [-0.2, 0) is 0 Å². The second kappa shape index (κ2) is 6.44. The average Bonchev–Trinajstić information content (AvgIpc) is 2.56. The Labute approximate surface area is 88.9 Å². The van der Waals surface area contributed by atoms with Crippen LogP contribution in [0.2, 0.25) is 0 Å². The zero-order chi connectivity index (χ0) is 10.4. The molecule has 1 rings (SSSR count). The minimum atomic E-state index is -0.0168. The summed E-state index contributed by atoms with van der Waals surface area (Å²) in [5, 5.41) is 9.82. The van der Waals surface area contributed by atoms with E-state index < -0.39 is 0 Å². The Hall–Kier alpha value is -0.0400. The standard InChI is InChI=1S/C13H26O/c1-11(2)6-5-9-13(14)10-12-7-3-4-8-12/h11-14H,3-10H2,1-2H3. The van der Waals surface area contributed by atoms with E-state index in [1.54, 1.807) is 0 Å². The average molecular weight is 198 g/mol. The van der Waals surface area contributed by atoms with E-state index in [0.717, 1.165) is 24.7 Å². The van der Waals surface area contributed by atoms with Crippen LogP contribution in [-0.4, -0.2) is 11.2 Å². The normalized spacial score (nSPS) is 20.6. The molecule has 84 valence electrons. The van der Waals surface area contributed by atoms with Gasteiger partial charge >= 0.3 is 0 Å². The fraction of sp³-hybridized carbons (Fsp3) is 1.00. The topological polar surface area (TPSA) is 20.2 Å². The molecule has 0 saturated heterocycles. The molecule has 1 nitrogen and oxygen atoms in total. The number of hydrogen-bond donors (Lipinski definition) is 1. The van der Waals surface area contributed by atoms with Crippen LogP contribution in [0.15, 0.2) is 0 Å². The van der Waals surface area contributed by atoms with Crippen LogP contribution in [0.1, 0.15) is 65.2 Å². The van der Waals surface area contributed by atoms with Gasteiger partial charge in [-0.05, 0) is 24.7 Å². The highest BCUT2D eigenvalue weighted by atomic mass is 16.3. The van der Waals surface area contributed by atoms with Crippen LogP contribution in [0.3, 0.4) is 0 Å².